The van der Waals surface area contributed by atoms with Crippen molar-refractivity contribution in [3.05, 3.63) is 34.1 Å². The largest absolute Gasteiger partial charge is 0.496 e. The van der Waals surface area contributed by atoms with Crippen LogP contribution in [0.2, 0.25) is 0 Å². The molecule has 0 spiro atoms. The number of non-ortho nitro benzene ring substituents is 1. The Morgan fingerprint density at radius 1 is 1.45 bits per heavy atom. The van der Waals surface area contributed by atoms with Crippen molar-refractivity contribution in [3.63, 3.8) is 0 Å². The zero-order chi connectivity index (χ0) is 14.7. The highest BCUT2D eigenvalue weighted by Gasteiger charge is 2.18. The molecule has 2 rings (SSSR count). The molecule has 0 aliphatic carbocycles. The highest BCUT2D eigenvalue weighted by molar-refractivity contribution is 5.67. The number of aromatic nitrogens is 3. The van der Waals surface area contributed by atoms with Gasteiger partial charge in [0.25, 0.3) is 5.69 Å². The number of nitro benzene ring substituents is 1. The lowest BCUT2D eigenvalue weighted by molar-refractivity contribution is -0.384. The van der Waals surface area contributed by atoms with E-state index in [1.165, 1.54) is 19.2 Å². The second-order valence-corrected chi connectivity index (χ2v) is 3.98. The Hall–Kier alpha value is -2.48. The number of nitrogens with zero attached hydrogens (tertiary/aromatic N) is 4. The fourth-order valence-corrected chi connectivity index (χ4v) is 1.96. The van der Waals surface area contributed by atoms with E-state index >= 15 is 0 Å². The maximum Gasteiger partial charge on any atom is 0.273 e. The number of aliphatic hydroxyl groups is 1. The molecule has 0 radical (unpaired) electrons. The van der Waals surface area contributed by atoms with E-state index < -0.39 is 4.92 Å². The van der Waals surface area contributed by atoms with Gasteiger partial charge in [0.1, 0.15) is 12.4 Å². The van der Waals surface area contributed by atoms with Crippen LogP contribution in [0, 0.1) is 10.1 Å². The molecule has 8 heteroatoms. The van der Waals surface area contributed by atoms with E-state index in [1.54, 1.807) is 10.6 Å². The second kappa shape index (κ2) is 5.66. The van der Waals surface area contributed by atoms with Crippen molar-refractivity contribution in [2.45, 2.75) is 20.1 Å². The minimum absolute atomic E-state index is 0.0597. The monoisotopic (exact) mass is 278 g/mol. The highest BCUT2D eigenvalue weighted by Crippen LogP contribution is 2.32. The van der Waals surface area contributed by atoms with Gasteiger partial charge in [-0.2, -0.15) is 0 Å². The van der Waals surface area contributed by atoms with E-state index in [4.69, 9.17) is 4.74 Å². The number of ether oxygens (including phenoxy) is 1. The minimum atomic E-state index is -0.490. The molecule has 20 heavy (non-hydrogen) atoms. The summed E-state index contributed by atoms with van der Waals surface area (Å²) in [7, 11) is 1.43. The predicted molar refractivity (Wildman–Crippen MR) is 70.3 cm³/mol. The summed E-state index contributed by atoms with van der Waals surface area (Å²) >= 11 is 0. The third-order valence-corrected chi connectivity index (χ3v) is 2.92. The summed E-state index contributed by atoms with van der Waals surface area (Å²) in [6.07, 6.45) is 0. The van der Waals surface area contributed by atoms with Crippen LogP contribution in [-0.2, 0) is 13.2 Å². The van der Waals surface area contributed by atoms with Gasteiger partial charge in [-0.15, -0.1) is 10.2 Å². The molecule has 0 bridgehead atoms. The van der Waals surface area contributed by atoms with Crippen LogP contribution in [-0.4, -0.2) is 31.9 Å². The van der Waals surface area contributed by atoms with Crippen LogP contribution in [0.15, 0.2) is 18.2 Å². The van der Waals surface area contributed by atoms with Gasteiger partial charge < -0.3 is 14.4 Å². The van der Waals surface area contributed by atoms with Crippen LogP contribution >= 0.6 is 0 Å². The number of hydrogen-bond acceptors (Lipinski definition) is 6. The number of benzene rings is 1. The third-order valence-electron chi connectivity index (χ3n) is 2.92. The maximum atomic E-state index is 10.8. The molecule has 106 valence electrons. The van der Waals surface area contributed by atoms with Crippen molar-refractivity contribution in [1.82, 2.24) is 14.8 Å². The van der Waals surface area contributed by atoms with Gasteiger partial charge in [-0.3, -0.25) is 10.1 Å². The summed E-state index contributed by atoms with van der Waals surface area (Å²) in [5.41, 5.74) is 0.530. The Labute approximate surface area is 114 Å². The molecule has 0 saturated carbocycles. The van der Waals surface area contributed by atoms with Crippen LogP contribution in [0.3, 0.4) is 0 Å². The first-order chi connectivity index (χ1) is 9.62. The van der Waals surface area contributed by atoms with Crippen molar-refractivity contribution in [2.24, 2.45) is 0 Å². The lowest BCUT2D eigenvalue weighted by atomic mass is 10.1. The molecule has 0 atom stereocenters. The van der Waals surface area contributed by atoms with Gasteiger partial charge >= 0.3 is 0 Å². The number of hydrogen-bond donors (Lipinski definition) is 1. The van der Waals surface area contributed by atoms with Crippen molar-refractivity contribution >= 4 is 5.69 Å². The summed E-state index contributed by atoms with van der Waals surface area (Å²) in [5, 5.41) is 27.9. The van der Waals surface area contributed by atoms with E-state index in [0.29, 0.717) is 29.5 Å². The van der Waals surface area contributed by atoms with E-state index in [1.807, 2.05) is 6.92 Å². The molecule has 1 N–H and O–H groups in total. The van der Waals surface area contributed by atoms with Gasteiger partial charge in [-0.25, -0.2) is 0 Å². The summed E-state index contributed by atoms with van der Waals surface area (Å²) in [6, 6.07) is 4.28. The Bertz CT molecular complexity index is 638. The van der Waals surface area contributed by atoms with Gasteiger partial charge in [0.05, 0.1) is 23.7 Å². The zero-order valence-electron chi connectivity index (χ0n) is 11.1. The Kier molecular flexibility index (Phi) is 3.94. The van der Waals surface area contributed by atoms with Crippen LogP contribution in [0.4, 0.5) is 5.69 Å². The van der Waals surface area contributed by atoms with Gasteiger partial charge in [0.15, 0.2) is 11.6 Å². The fourth-order valence-electron chi connectivity index (χ4n) is 1.96. The van der Waals surface area contributed by atoms with Crippen LogP contribution in [0.25, 0.3) is 11.4 Å². The molecule has 2 aromatic rings. The molecule has 0 unspecified atom stereocenters. The first kappa shape index (κ1) is 13.9. The van der Waals surface area contributed by atoms with Crippen molar-refractivity contribution < 1.29 is 14.8 Å². The summed E-state index contributed by atoms with van der Waals surface area (Å²) in [4.78, 5) is 10.3. The first-order valence-electron chi connectivity index (χ1n) is 5.98. The smallest absolute Gasteiger partial charge is 0.273 e. The molecular formula is C12H14N4O4. The Morgan fingerprint density at radius 3 is 2.75 bits per heavy atom. The Morgan fingerprint density at radius 2 is 2.20 bits per heavy atom. The average Bonchev–Trinajstić information content (AvgIpc) is 2.88. The van der Waals surface area contributed by atoms with E-state index in [9.17, 15) is 15.2 Å². The molecule has 0 aliphatic rings. The van der Waals surface area contributed by atoms with Gasteiger partial charge in [-0.05, 0) is 13.0 Å². The summed E-state index contributed by atoms with van der Waals surface area (Å²) in [6.45, 7) is 2.23. The molecule has 0 amide bonds. The molecule has 8 nitrogen and oxygen atoms in total. The molecule has 0 saturated heterocycles. The minimum Gasteiger partial charge on any atom is -0.496 e. The summed E-state index contributed by atoms with van der Waals surface area (Å²) < 4.78 is 6.91. The molecule has 1 heterocycles. The highest BCUT2D eigenvalue weighted by atomic mass is 16.6. The van der Waals surface area contributed by atoms with Crippen LogP contribution in [0.5, 0.6) is 5.75 Å². The van der Waals surface area contributed by atoms with Gasteiger partial charge in [0, 0.05) is 12.6 Å². The summed E-state index contributed by atoms with van der Waals surface area (Å²) in [5.74, 6) is 1.27. The first-order valence-corrected chi connectivity index (χ1v) is 5.98. The normalized spacial score (nSPS) is 10.6. The molecule has 1 aromatic carbocycles. The lowest BCUT2D eigenvalue weighted by Gasteiger charge is -2.09. The number of methoxy groups -OCH3 is 1. The fraction of sp³-hybridized carbons (Fsp3) is 0.333. The van der Waals surface area contributed by atoms with E-state index in [0.717, 1.165) is 0 Å². The Balaban J connectivity index is 2.57. The van der Waals surface area contributed by atoms with Crippen LogP contribution in [0.1, 0.15) is 12.7 Å². The van der Waals surface area contributed by atoms with Gasteiger partial charge in [0.2, 0.25) is 0 Å². The SMILES string of the molecule is CCn1c(CO)nnc1-c1ccc([N+](=O)[O-])cc1OC. The van der Waals surface area contributed by atoms with E-state index in [-0.39, 0.29) is 12.3 Å². The topological polar surface area (TPSA) is 103 Å². The average molecular weight is 278 g/mol. The number of nitro groups is 1. The lowest BCUT2D eigenvalue weighted by Crippen LogP contribution is -2.04. The zero-order valence-corrected chi connectivity index (χ0v) is 11.1. The second-order valence-electron chi connectivity index (χ2n) is 3.98. The van der Waals surface area contributed by atoms with E-state index in [2.05, 4.69) is 10.2 Å². The molecular weight excluding hydrogens is 264 g/mol. The molecule has 0 fully saturated rings. The standard InChI is InChI=1S/C12H14N4O4/c1-3-15-11(7-17)13-14-12(15)9-5-4-8(16(18)19)6-10(9)20-2/h4-6,17H,3,7H2,1-2H3. The van der Waals surface area contributed by atoms with Crippen LogP contribution < -0.4 is 4.74 Å². The van der Waals surface area contributed by atoms with Gasteiger partial charge in [-0.1, -0.05) is 0 Å². The third kappa shape index (κ3) is 2.32. The maximum absolute atomic E-state index is 10.8. The predicted octanol–water partition coefficient (Wildman–Crippen LogP) is 1.37. The molecule has 0 aliphatic heterocycles. The van der Waals surface area contributed by atoms with Crippen molar-refractivity contribution in [1.29, 1.82) is 0 Å². The van der Waals surface area contributed by atoms with Crippen molar-refractivity contribution in [3.8, 4) is 17.1 Å². The van der Waals surface area contributed by atoms with Crippen molar-refractivity contribution in [2.75, 3.05) is 7.11 Å². The molecule has 1 aromatic heterocycles. The number of rotatable bonds is 5. The number of aliphatic hydroxyl groups excluding tert-OH is 1. The quantitative estimate of drug-likeness (QED) is 0.654.